The van der Waals surface area contributed by atoms with Crippen molar-refractivity contribution < 1.29 is 4.79 Å². The average molecular weight is 316 g/mol. The molecule has 0 saturated carbocycles. The molecule has 114 valence electrons. The number of hydrogen-bond acceptors (Lipinski definition) is 3. The van der Waals surface area contributed by atoms with Crippen molar-refractivity contribution in [2.45, 2.75) is 19.9 Å². The molecule has 0 heterocycles. The van der Waals surface area contributed by atoms with Gasteiger partial charge in [-0.05, 0) is 37.6 Å². The number of nitrogens with one attached hydrogen (secondary N) is 2. The van der Waals surface area contributed by atoms with Crippen LogP contribution in [0.2, 0.25) is 5.02 Å². The van der Waals surface area contributed by atoms with Crippen LogP contribution in [0.3, 0.4) is 0 Å². The summed E-state index contributed by atoms with van der Waals surface area (Å²) in [7, 11) is 0. The lowest BCUT2D eigenvalue weighted by Gasteiger charge is -2.14. The monoisotopic (exact) mass is 315 g/mol. The Hall–Kier alpha value is -2.33. The van der Waals surface area contributed by atoms with E-state index in [0.717, 1.165) is 17.0 Å². The van der Waals surface area contributed by atoms with Gasteiger partial charge in [0.1, 0.15) is 6.04 Å². The summed E-state index contributed by atoms with van der Waals surface area (Å²) in [5.74, 6) is -0.213. The first kappa shape index (κ1) is 16.0. The number of hydrogen-bond donors (Lipinski definition) is 2. The molecular formula is C17H18ClN3O. The smallest absolute Gasteiger partial charge is 0.262 e. The Morgan fingerprint density at radius 1 is 1.14 bits per heavy atom. The summed E-state index contributed by atoms with van der Waals surface area (Å²) >= 11 is 5.92. The number of carbonyl (C=O) groups excluding carboxylic acids is 1. The van der Waals surface area contributed by atoms with E-state index in [-0.39, 0.29) is 5.91 Å². The minimum Gasteiger partial charge on any atom is -0.374 e. The van der Waals surface area contributed by atoms with Gasteiger partial charge in [0.2, 0.25) is 0 Å². The SMILES string of the molecule is C/C(=N\NC(=O)C(C)Nc1cccc(Cl)c1)c1ccccc1. The Morgan fingerprint density at radius 2 is 1.86 bits per heavy atom. The van der Waals surface area contributed by atoms with E-state index in [4.69, 9.17) is 11.6 Å². The highest BCUT2D eigenvalue weighted by atomic mass is 35.5. The van der Waals surface area contributed by atoms with Crippen LogP contribution in [0.5, 0.6) is 0 Å². The van der Waals surface area contributed by atoms with Gasteiger partial charge in [0.25, 0.3) is 5.91 Å². The fraction of sp³-hybridized carbons (Fsp3) is 0.176. The van der Waals surface area contributed by atoms with Crippen molar-refractivity contribution >= 4 is 28.9 Å². The second-order valence-electron chi connectivity index (χ2n) is 4.92. The van der Waals surface area contributed by atoms with E-state index in [2.05, 4.69) is 15.8 Å². The van der Waals surface area contributed by atoms with Gasteiger partial charge >= 0.3 is 0 Å². The van der Waals surface area contributed by atoms with Crippen LogP contribution < -0.4 is 10.7 Å². The number of hydrazone groups is 1. The van der Waals surface area contributed by atoms with Crippen molar-refractivity contribution in [1.29, 1.82) is 0 Å². The summed E-state index contributed by atoms with van der Waals surface area (Å²) < 4.78 is 0. The molecule has 0 aliphatic rings. The van der Waals surface area contributed by atoms with Crippen molar-refractivity contribution in [3.8, 4) is 0 Å². The highest BCUT2D eigenvalue weighted by molar-refractivity contribution is 6.30. The second kappa shape index (κ2) is 7.61. The van der Waals surface area contributed by atoms with Crippen LogP contribution in [-0.2, 0) is 4.79 Å². The lowest BCUT2D eigenvalue weighted by Crippen LogP contribution is -2.35. The zero-order chi connectivity index (χ0) is 15.9. The van der Waals surface area contributed by atoms with Crippen LogP contribution in [-0.4, -0.2) is 17.7 Å². The molecule has 2 rings (SSSR count). The topological polar surface area (TPSA) is 53.5 Å². The van der Waals surface area contributed by atoms with Crippen molar-refractivity contribution in [3.05, 3.63) is 65.2 Å². The van der Waals surface area contributed by atoms with Crippen LogP contribution in [0, 0.1) is 0 Å². The van der Waals surface area contributed by atoms with Crippen LogP contribution >= 0.6 is 11.6 Å². The van der Waals surface area contributed by atoms with Crippen LogP contribution in [0.4, 0.5) is 5.69 Å². The summed E-state index contributed by atoms with van der Waals surface area (Å²) in [4.78, 5) is 12.1. The van der Waals surface area contributed by atoms with E-state index >= 15 is 0 Å². The van der Waals surface area contributed by atoms with Crippen molar-refractivity contribution in [2.75, 3.05) is 5.32 Å². The number of halogens is 1. The number of carbonyl (C=O) groups is 1. The standard InChI is InChI=1S/C17H18ClN3O/c1-12(14-7-4-3-5-8-14)20-21-17(22)13(2)19-16-10-6-9-15(18)11-16/h3-11,13,19H,1-2H3,(H,21,22)/b20-12+. The first-order valence-electron chi connectivity index (χ1n) is 6.98. The first-order valence-corrected chi connectivity index (χ1v) is 7.36. The third-order valence-electron chi connectivity index (χ3n) is 3.13. The summed E-state index contributed by atoms with van der Waals surface area (Å²) in [6.07, 6.45) is 0. The molecule has 1 amide bonds. The minimum atomic E-state index is -0.425. The largest absolute Gasteiger partial charge is 0.374 e. The number of nitrogens with zero attached hydrogens (tertiary/aromatic N) is 1. The highest BCUT2D eigenvalue weighted by Gasteiger charge is 2.12. The van der Waals surface area contributed by atoms with E-state index in [9.17, 15) is 4.79 Å². The van der Waals surface area contributed by atoms with Gasteiger partial charge in [-0.1, -0.05) is 48.0 Å². The number of anilines is 1. The molecule has 4 nitrogen and oxygen atoms in total. The fourth-order valence-electron chi connectivity index (χ4n) is 1.87. The molecule has 2 aromatic rings. The van der Waals surface area contributed by atoms with Gasteiger partial charge in [0.15, 0.2) is 0 Å². The van der Waals surface area contributed by atoms with E-state index in [0.29, 0.717) is 5.02 Å². The summed E-state index contributed by atoms with van der Waals surface area (Å²) in [5.41, 5.74) is 5.08. The second-order valence-corrected chi connectivity index (χ2v) is 5.35. The molecule has 1 atom stereocenters. The molecule has 0 aromatic heterocycles. The summed E-state index contributed by atoms with van der Waals surface area (Å²) in [5, 5.41) is 7.83. The predicted molar refractivity (Wildman–Crippen MR) is 91.3 cm³/mol. The van der Waals surface area contributed by atoms with Gasteiger partial charge in [0, 0.05) is 10.7 Å². The molecule has 0 aliphatic heterocycles. The lowest BCUT2D eigenvalue weighted by atomic mass is 10.1. The number of benzene rings is 2. The molecule has 0 aliphatic carbocycles. The molecule has 0 saturated heterocycles. The Kier molecular flexibility index (Phi) is 5.55. The van der Waals surface area contributed by atoms with Gasteiger partial charge in [-0.2, -0.15) is 5.10 Å². The van der Waals surface area contributed by atoms with E-state index < -0.39 is 6.04 Å². The summed E-state index contributed by atoms with van der Waals surface area (Å²) in [6, 6.07) is 16.5. The zero-order valence-electron chi connectivity index (χ0n) is 12.5. The maximum Gasteiger partial charge on any atom is 0.262 e. The van der Waals surface area contributed by atoms with E-state index in [1.807, 2.05) is 49.4 Å². The Labute approximate surface area is 135 Å². The molecule has 22 heavy (non-hydrogen) atoms. The Balaban J connectivity index is 1.94. The molecule has 5 heteroatoms. The summed E-state index contributed by atoms with van der Waals surface area (Å²) in [6.45, 7) is 3.62. The third kappa shape index (κ3) is 4.60. The van der Waals surface area contributed by atoms with Gasteiger partial charge in [0.05, 0.1) is 5.71 Å². The lowest BCUT2D eigenvalue weighted by molar-refractivity contribution is -0.121. The fourth-order valence-corrected chi connectivity index (χ4v) is 2.06. The average Bonchev–Trinajstić information content (AvgIpc) is 2.53. The number of amides is 1. The highest BCUT2D eigenvalue weighted by Crippen LogP contribution is 2.15. The molecule has 0 spiro atoms. The molecule has 0 bridgehead atoms. The van der Waals surface area contributed by atoms with E-state index in [1.165, 1.54) is 0 Å². The van der Waals surface area contributed by atoms with Crippen molar-refractivity contribution in [1.82, 2.24) is 5.43 Å². The van der Waals surface area contributed by atoms with Crippen LogP contribution in [0.15, 0.2) is 59.7 Å². The van der Waals surface area contributed by atoms with Gasteiger partial charge < -0.3 is 5.32 Å². The molecule has 2 aromatic carbocycles. The molecule has 0 radical (unpaired) electrons. The first-order chi connectivity index (χ1) is 10.6. The zero-order valence-corrected chi connectivity index (χ0v) is 13.3. The van der Waals surface area contributed by atoms with Crippen LogP contribution in [0.1, 0.15) is 19.4 Å². The molecular weight excluding hydrogens is 298 g/mol. The maximum atomic E-state index is 12.1. The molecule has 2 N–H and O–H groups in total. The molecule has 1 unspecified atom stereocenters. The number of rotatable bonds is 5. The maximum absolute atomic E-state index is 12.1. The minimum absolute atomic E-state index is 0.213. The Morgan fingerprint density at radius 3 is 2.55 bits per heavy atom. The van der Waals surface area contributed by atoms with Crippen molar-refractivity contribution in [2.24, 2.45) is 5.10 Å². The van der Waals surface area contributed by atoms with E-state index in [1.54, 1.807) is 19.1 Å². The van der Waals surface area contributed by atoms with Gasteiger partial charge in [-0.15, -0.1) is 0 Å². The normalized spacial score (nSPS) is 12.6. The third-order valence-corrected chi connectivity index (χ3v) is 3.36. The Bertz CT molecular complexity index is 671. The quantitative estimate of drug-likeness (QED) is 0.653. The van der Waals surface area contributed by atoms with Gasteiger partial charge in [-0.3, -0.25) is 4.79 Å². The van der Waals surface area contributed by atoms with Crippen molar-refractivity contribution in [3.63, 3.8) is 0 Å². The predicted octanol–water partition coefficient (Wildman–Crippen LogP) is 3.68. The van der Waals surface area contributed by atoms with Gasteiger partial charge in [-0.25, -0.2) is 5.43 Å². The van der Waals surface area contributed by atoms with Crippen LogP contribution in [0.25, 0.3) is 0 Å². The molecule has 0 fully saturated rings.